The van der Waals surface area contributed by atoms with Crippen molar-refractivity contribution in [2.45, 2.75) is 13.5 Å². The third kappa shape index (κ3) is 6.32. The number of aromatic carboxylic acids is 1. The van der Waals surface area contributed by atoms with Crippen molar-refractivity contribution in [2.24, 2.45) is 4.99 Å². The van der Waals surface area contributed by atoms with E-state index in [0.717, 1.165) is 28.9 Å². The number of ether oxygens (including phenoxy) is 1. The van der Waals surface area contributed by atoms with Crippen molar-refractivity contribution in [3.8, 4) is 16.9 Å². The van der Waals surface area contributed by atoms with E-state index in [9.17, 15) is 14.7 Å². The highest BCUT2D eigenvalue weighted by atomic mass is 16.5. The number of hydrogen-bond acceptors (Lipinski definition) is 5. The van der Waals surface area contributed by atoms with E-state index in [4.69, 9.17) is 4.74 Å². The lowest BCUT2D eigenvalue weighted by molar-refractivity contribution is 0.0697. The Morgan fingerprint density at radius 2 is 1.92 bits per heavy atom. The number of anilines is 1. The molecule has 0 atom stereocenters. The van der Waals surface area contributed by atoms with E-state index in [-0.39, 0.29) is 11.5 Å². The van der Waals surface area contributed by atoms with Crippen molar-refractivity contribution in [1.29, 1.82) is 0 Å². The van der Waals surface area contributed by atoms with Crippen LogP contribution in [0.3, 0.4) is 0 Å². The minimum atomic E-state index is -0.942. The molecule has 1 heterocycles. The summed E-state index contributed by atoms with van der Waals surface area (Å²) in [6.07, 6.45) is 4.92. The van der Waals surface area contributed by atoms with Gasteiger partial charge >= 0.3 is 5.97 Å². The van der Waals surface area contributed by atoms with E-state index in [1.54, 1.807) is 30.5 Å². The number of carbonyl (C=O) groups excluding carboxylic acids is 1. The van der Waals surface area contributed by atoms with Crippen LogP contribution < -0.4 is 15.0 Å². The highest BCUT2D eigenvalue weighted by molar-refractivity contribution is 5.96. The first-order chi connectivity index (χ1) is 18.0. The molecule has 0 saturated carbocycles. The molecule has 1 amide bonds. The minimum Gasteiger partial charge on any atom is -0.490 e. The fourth-order valence-electron chi connectivity index (χ4n) is 4.13. The molecule has 0 saturated heterocycles. The molecule has 0 spiro atoms. The molecule has 0 fully saturated rings. The standard InChI is InChI=1S/C30H29N3O4/c1-3-31-15-14-21(2)19-32-29(34)24-12-13-27-28(18-24)37-17-16-33(27)20-22-8-10-23(11-9-22)25-6-4-5-7-26(25)30(35)36/h3-15,18H,1,16-17,19-20H2,2H3,(H,32,34)(H,35,36)/b21-14+,31-15-. The van der Waals surface area contributed by atoms with E-state index in [0.29, 0.717) is 36.6 Å². The molecule has 2 N–H and O–H groups in total. The van der Waals surface area contributed by atoms with E-state index in [2.05, 4.69) is 21.8 Å². The summed E-state index contributed by atoms with van der Waals surface area (Å²) in [6.45, 7) is 7.77. The van der Waals surface area contributed by atoms with Crippen LogP contribution in [0.25, 0.3) is 11.1 Å². The van der Waals surface area contributed by atoms with Crippen molar-refractivity contribution >= 4 is 23.8 Å². The number of allylic oxidation sites excluding steroid dienone is 1. The molecular weight excluding hydrogens is 466 g/mol. The Morgan fingerprint density at radius 3 is 2.68 bits per heavy atom. The second-order valence-electron chi connectivity index (χ2n) is 8.68. The number of aliphatic imine (C=N–C) groups is 1. The van der Waals surface area contributed by atoms with Gasteiger partial charge in [-0.3, -0.25) is 9.79 Å². The Kier molecular flexibility index (Phi) is 8.15. The number of nitrogens with zero attached hydrogens (tertiary/aromatic N) is 2. The lowest BCUT2D eigenvalue weighted by Gasteiger charge is -2.31. The number of carboxylic acids is 1. The highest BCUT2D eigenvalue weighted by Crippen LogP contribution is 2.34. The topological polar surface area (TPSA) is 91.2 Å². The van der Waals surface area contributed by atoms with Gasteiger partial charge in [0.2, 0.25) is 0 Å². The SMILES string of the molecule is C=C/N=C\C=C(/C)CNC(=O)c1ccc2c(c1)OCCN2Cc1ccc(-c2ccccc2C(=O)O)cc1. The Bertz CT molecular complexity index is 1360. The van der Waals surface area contributed by atoms with Gasteiger partial charge in [0.25, 0.3) is 5.91 Å². The molecule has 4 rings (SSSR count). The highest BCUT2D eigenvalue weighted by Gasteiger charge is 2.20. The summed E-state index contributed by atoms with van der Waals surface area (Å²) in [6, 6.07) is 20.4. The number of fused-ring (bicyclic) bond motifs is 1. The first kappa shape index (κ1) is 25.4. The zero-order valence-electron chi connectivity index (χ0n) is 20.7. The van der Waals surface area contributed by atoms with Crippen LogP contribution in [0.15, 0.2) is 96.2 Å². The van der Waals surface area contributed by atoms with Gasteiger partial charge in [-0.2, -0.15) is 0 Å². The number of rotatable bonds is 9. The number of carboxylic acid groups (broad SMARTS) is 1. The molecular formula is C30H29N3O4. The van der Waals surface area contributed by atoms with Crippen LogP contribution in [0.2, 0.25) is 0 Å². The van der Waals surface area contributed by atoms with Crippen molar-refractivity contribution < 1.29 is 19.4 Å². The van der Waals surface area contributed by atoms with Crippen LogP contribution in [0.5, 0.6) is 5.75 Å². The molecule has 0 radical (unpaired) electrons. The van der Waals surface area contributed by atoms with Gasteiger partial charge in [0.05, 0.1) is 17.8 Å². The maximum absolute atomic E-state index is 12.7. The van der Waals surface area contributed by atoms with Gasteiger partial charge in [-0.1, -0.05) is 54.6 Å². The monoisotopic (exact) mass is 495 g/mol. The van der Waals surface area contributed by atoms with Crippen LogP contribution >= 0.6 is 0 Å². The molecule has 188 valence electrons. The Morgan fingerprint density at radius 1 is 1.14 bits per heavy atom. The normalized spacial score (nSPS) is 13.1. The first-order valence-corrected chi connectivity index (χ1v) is 12.0. The predicted octanol–water partition coefficient (Wildman–Crippen LogP) is 5.34. The van der Waals surface area contributed by atoms with Gasteiger partial charge in [0, 0.05) is 31.1 Å². The van der Waals surface area contributed by atoms with Crippen molar-refractivity contribution in [2.75, 3.05) is 24.6 Å². The van der Waals surface area contributed by atoms with Crippen LogP contribution in [0, 0.1) is 0 Å². The van der Waals surface area contributed by atoms with Gasteiger partial charge < -0.3 is 20.1 Å². The molecule has 7 nitrogen and oxygen atoms in total. The summed E-state index contributed by atoms with van der Waals surface area (Å²) in [5.74, 6) is -0.437. The minimum absolute atomic E-state index is 0.172. The smallest absolute Gasteiger partial charge is 0.336 e. The molecule has 1 aliphatic heterocycles. The van der Waals surface area contributed by atoms with Crippen LogP contribution in [0.1, 0.15) is 33.2 Å². The number of nitrogens with one attached hydrogen (secondary N) is 1. The molecule has 37 heavy (non-hydrogen) atoms. The maximum Gasteiger partial charge on any atom is 0.336 e. The summed E-state index contributed by atoms with van der Waals surface area (Å²) in [4.78, 5) is 30.4. The quantitative estimate of drug-likeness (QED) is 0.391. The molecule has 0 aromatic heterocycles. The fraction of sp³-hybridized carbons (Fsp3) is 0.167. The third-order valence-corrected chi connectivity index (χ3v) is 6.06. The number of carbonyl (C=O) groups is 2. The Labute approximate surface area is 216 Å². The average Bonchev–Trinajstić information content (AvgIpc) is 2.92. The Hall–Kier alpha value is -4.65. The van der Waals surface area contributed by atoms with Gasteiger partial charge in [-0.05, 0) is 54.0 Å². The number of amides is 1. The zero-order valence-corrected chi connectivity index (χ0v) is 20.7. The lowest BCUT2D eigenvalue weighted by atomic mass is 9.98. The largest absolute Gasteiger partial charge is 0.490 e. The second-order valence-corrected chi connectivity index (χ2v) is 8.68. The van der Waals surface area contributed by atoms with Gasteiger partial charge in [0.15, 0.2) is 0 Å². The molecule has 0 aliphatic carbocycles. The van der Waals surface area contributed by atoms with Gasteiger partial charge in [-0.15, -0.1) is 0 Å². The Balaban J connectivity index is 1.44. The fourth-order valence-corrected chi connectivity index (χ4v) is 4.13. The summed E-state index contributed by atoms with van der Waals surface area (Å²) < 4.78 is 5.87. The van der Waals surface area contributed by atoms with Gasteiger partial charge in [-0.25, -0.2) is 4.79 Å². The average molecular weight is 496 g/mol. The van der Waals surface area contributed by atoms with Crippen molar-refractivity contribution in [3.05, 3.63) is 108 Å². The molecule has 0 bridgehead atoms. The van der Waals surface area contributed by atoms with Crippen LogP contribution in [-0.4, -0.2) is 42.9 Å². The lowest BCUT2D eigenvalue weighted by Crippen LogP contribution is -2.32. The van der Waals surface area contributed by atoms with Crippen molar-refractivity contribution in [1.82, 2.24) is 5.32 Å². The zero-order chi connectivity index (χ0) is 26.2. The number of benzene rings is 3. The van der Waals surface area contributed by atoms with E-state index < -0.39 is 5.97 Å². The van der Waals surface area contributed by atoms with E-state index in [1.165, 1.54) is 6.20 Å². The predicted molar refractivity (Wildman–Crippen MR) is 147 cm³/mol. The molecule has 0 unspecified atom stereocenters. The first-order valence-electron chi connectivity index (χ1n) is 12.0. The van der Waals surface area contributed by atoms with E-state index in [1.807, 2.05) is 55.5 Å². The second kappa shape index (κ2) is 11.9. The number of hydrogen-bond donors (Lipinski definition) is 2. The van der Waals surface area contributed by atoms with Gasteiger partial charge in [0.1, 0.15) is 12.4 Å². The third-order valence-electron chi connectivity index (χ3n) is 6.06. The van der Waals surface area contributed by atoms with Crippen LogP contribution in [0.4, 0.5) is 5.69 Å². The maximum atomic E-state index is 12.7. The molecule has 3 aromatic rings. The van der Waals surface area contributed by atoms with Crippen molar-refractivity contribution in [3.63, 3.8) is 0 Å². The van der Waals surface area contributed by atoms with E-state index >= 15 is 0 Å². The molecule has 7 heteroatoms. The molecule has 3 aromatic carbocycles. The summed E-state index contributed by atoms with van der Waals surface area (Å²) in [7, 11) is 0. The summed E-state index contributed by atoms with van der Waals surface area (Å²) in [5, 5.41) is 12.4. The summed E-state index contributed by atoms with van der Waals surface area (Å²) >= 11 is 0. The molecule has 1 aliphatic rings. The van der Waals surface area contributed by atoms with Crippen LogP contribution in [-0.2, 0) is 6.54 Å². The summed E-state index contributed by atoms with van der Waals surface area (Å²) in [5.41, 5.74) is 5.36.